The third-order valence-corrected chi connectivity index (χ3v) is 5.68. The summed E-state index contributed by atoms with van der Waals surface area (Å²) in [6.07, 6.45) is 0. The minimum absolute atomic E-state index is 0.0859. The van der Waals surface area contributed by atoms with Gasteiger partial charge < -0.3 is 9.42 Å². The molecule has 0 fully saturated rings. The van der Waals surface area contributed by atoms with Crippen molar-refractivity contribution in [1.82, 2.24) is 5.16 Å². The Balaban J connectivity index is 1.73. The van der Waals surface area contributed by atoms with E-state index < -0.39 is 10.0 Å². The average molecular weight is 371 g/mol. The third kappa shape index (κ3) is 3.88. The molecule has 2 aromatic carbocycles. The van der Waals surface area contributed by atoms with Crippen molar-refractivity contribution in [3.05, 3.63) is 71.6 Å². The van der Waals surface area contributed by atoms with Crippen LogP contribution in [0, 0.1) is 13.8 Å². The maximum atomic E-state index is 12.5. The van der Waals surface area contributed by atoms with Crippen molar-refractivity contribution in [2.75, 3.05) is 16.7 Å². The van der Waals surface area contributed by atoms with Crippen LogP contribution in [0.25, 0.3) is 0 Å². The van der Waals surface area contributed by atoms with Gasteiger partial charge in [0.25, 0.3) is 10.0 Å². The highest BCUT2D eigenvalue weighted by Crippen LogP contribution is 2.24. The first kappa shape index (κ1) is 18.0. The van der Waals surface area contributed by atoms with E-state index in [2.05, 4.69) is 26.9 Å². The number of rotatable bonds is 6. The molecule has 136 valence electrons. The Kier molecular flexibility index (Phi) is 4.99. The Bertz CT molecular complexity index is 961. The summed E-state index contributed by atoms with van der Waals surface area (Å²) in [5.74, 6) is 0.272. The summed E-state index contributed by atoms with van der Waals surface area (Å²) in [7, 11) is -1.74. The maximum Gasteiger partial charge on any atom is 0.267 e. The van der Waals surface area contributed by atoms with Gasteiger partial charge in [-0.05, 0) is 43.7 Å². The third-order valence-electron chi connectivity index (χ3n) is 4.06. The molecule has 0 saturated heterocycles. The van der Waals surface area contributed by atoms with Gasteiger partial charge in [-0.15, -0.1) is 0 Å². The SMILES string of the molecule is Cc1noc(C)c1S(=O)(=O)Nc1ccc(N(C)Cc2ccccc2)cc1. The lowest BCUT2D eigenvalue weighted by atomic mass is 10.2. The molecule has 7 heteroatoms. The van der Waals surface area contributed by atoms with E-state index in [1.54, 1.807) is 26.0 Å². The molecule has 0 atom stereocenters. The van der Waals surface area contributed by atoms with E-state index in [9.17, 15) is 8.42 Å². The number of benzene rings is 2. The number of hydrogen-bond acceptors (Lipinski definition) is 5. The van der Waals surface area contributed by atoms with E-state index >= 15 is 0 Å². The summed E-state index contributed by atoms with van der Waals surface area (Å²) >= 11 is 0. The Morgan fingerprint density at radius 1 is 1.04 bits per heavy atom. The second-order valence-corrected chi connectivity index (χ2v) is 7.77. The summed E-state index contributed by atoms with van der Waals surface area (Å²) in [6, 6.07) is 17.4. The number of nitrogens with zero attached hydrogens (tertiary/aromatic N) is 2. The molecule has 0 aliphatic carbocycles. The van der Waals surface area contributed by atoms with Gasteiger partial charge in [0.2, 0.25) is 0 Å². The van der Waals surface area contributed by atoms with Crippen LogP contribution in [-0.2, 0) is 16.6 Å². The van der Waals surface area contributed by atoms with Crippen molar-refractivity contribution in [3.8, 4) is 0 Å². The lowest BCUT2D eigenvalue weighted by molar-refractivity contribution is 0.390. The molecule has 26 heavy (non-hydrogen) atoms. The second-order valence-electron chi connectivity index (χ2n) is 6.15. The monoisotopic (exact) mass is 371 g/mol. The zero-order valence-corrected chi connectivity index (χ0v) is 15.7. The molecular weight excluding hydrogens is 350 g/mol. The van der Waals surface area contributed by atoms with E-state index in [1.165, 1.54) is 5.56 Å². The van der Waals surface area contributed by atoms with Gasteiger partial charge in [0.1, 0.15) is 5.69 Å². The highest BCUT2D eigenvalue weighted by molar-refractivity contribution is 7.92. The summed E-state index contributed by atoms with van der Waals surface area (Å²) in [4.78, 5) is 2.19. The first-order chi connectivity index (χ1) is 12.4. The van der Waals surface area contributed by atoms with Crippen molar-refractivity contribution in [3.63, 3.8) is 0 Å². The number of hydrogen-bond donors (Lipinski definition) is 1. The Morgan fingerprint density at radius 2 is 1.69 bits per heavy atom. The normalized spacial score (nSPS) is 11.3. The van der Waals surface area contributed by atoms with E-state index in [-0.39, 0.29) is 10.7 Å². The van der Waals surface area contributed by atoms with E-state index in [0.29, 0.717) is 11.4 Å². The molecule has 0 radical (unpaired) electrons. The van der Waals surface area contributed by atoms with E-state index in [4.69, 9.17) is 4.52 Å². The molecule has 0 aliphatic heterocycles. The Hall–Kier alpha value is -2.80. The highest BCUT2D eigenvalue weighted by Gasteiger charge is 2.24. The van der Waals surface area contributed by atoms with Crippen molar-refractivity contribution >= 4 is 21.4 Å². The minimum atomic E-state index is -3.73. The largest absolute Gasteiger partial charge is 0.370 e. The van der Waals surface area contributed by atoms with Crippen molar-refractivity contribution < 1.29 is 12.9 Å². The predicted octanol–water partition coefficient (Wildman–Crippen LogP) is 3.73. The van der Waals surface area contributed by atoms with Gasteiger partial charge >= 0.3 is 0 Å². The standard InChI is InChI=1S/C19H21N3O3S/c1-14-19(15(2)25-20-14)26(23,24)21-17-9-11-18(12-10-17)22(3)13-16-7-5-4-6-8-16/h4-12,21H,13H2,1-3H3. The molecule has 3 rings (SSSR count). The molecule has 3 aromatic rings. The molecule has 0 aliphatic rings. The minimum Gasteiger partial charge on any atom is -0.370 e. The van der Waals surface area contributed by atoms with Crippen LogP contribution in [-0.4, -0.2) is 20.6 Å². The number of aryl methyl sites for hydroxylation is 2. The van der Waals surface area contributed by atoms with Gasteiger partial charge in [0, 0.05) is 25.0 Å². The maximum absolute atomic E-state index is 12.5. The zero-order chi connectivity index (χ0) is 18.7. The highest BCUT2D eigenvalue weighted by atomic mass is 32.2. The summed E-state index contributed by atoms with van der Waals surface area (Å²) < 4.78 is 32.6. The zero-order valence-electron chi connectivity index (χ0n) is 14.9. The van der Waals surface area contributed by atoms with Crippen LogP contribution in [0.1, 0.15) is 17.0 Å². The molecule has 0 spiro atoms. The van der Waals surface area contributed by atoms with Gasteiger partial charge in [-0.25, -0.2) is 8.42 Å². The summed E-state index contributed by atoms with van der Waals surface area (Å²) in [5.41, 5.74) is 3.03. The molecule has 1 N–H and O–H groups in total. The quantitative estimate of drug-likeness (QED) is 0.714. The molecule has 0 saturated carbocycles. The molecule has 0 amide bonds. The average Bonchev–Trinajstić information content (AvgIpc) is 2.95. The van der Waals surface area contributed by atoms with Crippen LogP contribution in [0.4, 0.5) is 11.4 Å². The van der Waals surface area contributed by atoms with Gasteiger partial charge in [-0.3, -0.25) is 4.72 Å². The van der Waals surface area contributed by atoms with Crippen molar-refractivity contribution in [1.29, 1.82) is 0 Å². The first-order valence-electron chi connectivity index (χ1n) is 8.17. The van der Waals surface area contributed by atoms with Crippen LogP contribution in [0.5, 0.6) is 0 Å². The lowest BCUT2D eigenvalue weighted by Gasteiger charge is -2.20. The molecule has 0 bridgehead atoms. The molecular formula is C19H21N3O3S. The fourth-order valence-corrected chi connectivity index (χ4v) is 4.19. The first-order valence-corrected chi connectivity index (χ1v) is 9.66. The second kappa shape index (κ2) is 7.21. The van der Waals surface area contributed by atoms with Crippen molar-refractivity contribution in [2.24, 2.45) is 0 Å². The predicted molar refractivity (Wildman–Crippen MR) is 102 cm³/mol. The van der Waals surface area contributed by atoms with Crippen LogP contribution in [0.2, 0.25) is 0 Å². The van der Waals surface area contributed by atoms with Crippen molar-refractivity contribution in [2.45, 2.75) is 25.3 Å². The van der Waals surface area contributed by atoms with E-state index in [0.717, 1.165) is 12.2 Å². The number of aromatic nitrogens is 1. The van der Waals surface area contributed by atoms with E-state index in [1.807, 2.05) is 37.4 Å². The van der Waals surface area contributed by atoms with Crippen LogP contribution >= 0.6 is 0 Å². The summed E-state index contributed by atoms with van der Waals surface area (Å²) in [6.45, 7) is 3.95. The number of anilines is 2. The Labute approximate surface area is 153 Å². The van der Waals surface area contributed by atoms with Crippen LogP contribution in [0.3, 0.4) is 0 Å². The topological polar surface area (TPSA) is 75.4 Å². The van der Waals surface area contributed by atoms with Gasteiger partial charge in [-0.2, -0.15) is 0 Å². The number of sulfonamides is 1. The fraction of sp³-hybridized carbons (Fsp3) is 0.211. The van der Waals surface area contributed by atoms with Crippen LogP contribution < -0.4 is 9.62 Å². The smallest absolute Gasteiger partial charge is 0.267 e. The lowest BCUT2D eigenvalue weighted by Crippen LogP contribution is -2.17. The van der Waals surface area contributed by atoms with Crippen LogP contribution in [0.15, 0.2) is 64.0 Å². The molecule has 0 unspecified atom stereocenters. The van der Waals surface area contributed by atoms with Gasteiger partial charge in [0.15, 0.2) is 10.7 Å². The van der Waals surface area contributed by atoms with Gasteiger partial charge in [-0.1, -0.05) is 35.5 Å². The van der Waals surface area contributed by atoms with Gasteiger partial charge in [0.05, 0.1) is 0 Å². The Morgan fingerprint density at radius 3 is 2.27 bits per heavy atom. The molecule has 6 nitrogen and oxygen atoms in total. The summed E-state index contributed by atoms with van der Waals surface area (Å²) in [5, 5.41) is 3.70. The fourth-order valence-electron chi connectivity index (χ4n) is 2.80. The number of nitrogens with one attached hydrogen (secondary N) is 1. The molecule has 1 heterocycles. The molecule has 1 aromatic heterocycles.